The summed E-state index contributed by atoms with van der Waals surface area (Å²) in [5, 5.41) is 18.6. The maximum atomic E-state index is 13.6. The van der Waals surface area contributed by atoms with Gasteiger partial charge in [-0.15, -0.1) is 0 Å². The normalized spacial score (nSPS) is 11.9. The van der Waals surface area contributed by atoms with Crippen LogP contribution in [0.25, 0.3) is 11.0 Å². The van der Waals surface area contributed by atoms with Gasteiger partial charge in [-0.3, -0.25) is 4.79 Å². The van der Waals surface area contributed by atoms with Crippen LogP contribution in [0.5, 0.6) is 0 Å². The number of imidazole rings is 1. The summed E-state index contributed by atoms with van der Waals surface area (Å²) in [7, 11) is 1.54. The minimum absolute atomic E-state index is 0.140. The molecule has 0 aliphatic rings. The van der Waals surface area contributed by atoms with E-state index in [2.05, 4.69) is 9.97 Å². The lowest BCUT2D eigenvalue weighted by Gasteiger charge is -2.30. The zero-order valence-electron chi connectivity index (χ0n) is 11.9. The number of benzene rings is 1. The van der Waals surface area contributed by atoms with Crippen molar-refractivity contribution in [2.24, 2.45) is 5.41 Å². The molecule has 0 unspecified atom stereocenters. The zero-order chi connectivity index (χ0) is 15.6. The number of amides is 1. The molecule has 3 N–H and O–H groups in total. The molecule has 0 bridgehead atoms. The number of H-pyrrole nitrogens is 1. The summed E-state index contributed by atoms with van der Waals surface area (Å²) >= 11 is 0. The summed E-state index contributed by atoms with van der Waals surface area (Å²) in [6.07, 6.45) is 1.40. The molecule has 7 heteroatoms. The van der Waals surface area contributed by atoms with Crippen molar-refractivity contribution in [3.05, 3.63) is 29.8 Å². The molecule has 1 aromatic heterocycles. The Hall–Kier alpha value is -1.99. The number of aliphatic hydroxyl groups excluding tert-OH is 2. The van der Waals surface area contributed by atoms with Crippen molar-refractivity contribution in [2.45, 2.75) is 6.92 Å². The molecule has 1 amide bonds. The molecule has 1 aromatic carbocycles. The summed E-state index contributed by atoms with van der Waals surface area (Å²) < 4.78 is 13.6. The van der Waals surface area contributed by atoms with Crippen molar-refractivity contribution in [1.29, 1.82) is 0 Å². The number of halogens is 1. The third kappa shape index (κ3) is 3.03. The van der Waals surface area contributed by atoms with E-state index in [0.29, 0.717) is 11.0 Å². The lowest BCUT2D eigenvalue weighted by molar-refractivity contribution is 0.0367. The Morgan fingerprint density at radius 3 is 2.71 bits per heavy atom. The van der Waals surface area contributed by atoms with Gasteiger partial charge in [0.15, 0.2) is 0 Å². The van der Waals surface area contributed by atoms with Crippen molar-refractivity contribution in [3.63, 3.8) is 0 Å². The van der Waals surface area contributed by atoms with Gasteiger partial charge in [-0.25, -0.2) is 9.37 Å². The third-order valence-corrected chi connectivity index (χ3v) is 3.45. The number of nitrogens with zero attached hydrogens (tertiary/aromatic N) is 2. The SMILES string of the molecule is CN(CC(C)(CO)CO)C(=O)c1cc(F)cc2[nH]cnc12. The third-order valence-electron chi connectivity index (χ3n) is 3.45. The quantitative estimate of drug-likeness (QED) is 0.760. The number of rotatable bonds is 5. The van der Waals surface area contributed by atoms with Crippen molar-refractivity contribution in [1.82, 2.24) is 14.9 Å². The number of nitrogens with one attached hydrogen (secondary N) is 1. The van der Waals surface area contributed by atoms with Gasteiger partial charge in [0, 0.05) is 19.0 Å². The lowest BCUT2D eigenvalue weighted by Crippen LogP contribution is -2.41. The van der Waals surface area contributed by atoms with E-state index >= 15 is 0 Å². The highest BCUT2D eigenvalue weighted by Gasteiger charge is 2.28. The van der Waals surface area contributed by atoms with Gasteiger partial charge in [0.25, 0.3) is 5.91 Å². The lowest BCUT2D eigenvalue weighted by atomic mass is 9.92. The fourth-order valence-electron chi connectivity index (χ4n) is 2.18. The largest absolute Gasteiger partial charge is 0.396 e. The topological polar surface area (TPSA) is 89.5 Å². The number of aromatic amines is 1. The highest BCUT2D eigenvalue weighted by Crippen LogP contribution is 2.21. The van der Waals surface area contributed by atoms with Crippen LogP contribution >= 0.6 is 0 Å². The standard InChI is InChI=1S/C14H18FN3O3/c1-14(6-19,7-20)5-18(2)13(21)10-3-9(15)4-11-12(10)17-8-16-11/h3-4,8,19-20H,5-7H2,1-2H3,(H,16,17). The van der Waals surface area contributed by atoms with Crippen LogP contribution in [-0.2, 0) is 0 Å². The molecule has 1 heterocycles. The summed E-state index contributed by atoms with van der Waals surface area (Å²) in [6, 6.07) is 2.40. The predicted molar refractivity (Wildman–Crippen MR) is 75.3 cm³/mol. The van der Waals surface area contributed by atoms with Gasteiger partial charge in [0.1, 0.15) is 11.3 Å². The Balaban J connectivity index is 2.31. The molecule has 2 aromatic rings. The Morgan fingerprint density at radius 1 is 1.43 bits per heavy atom. The second-order valence-corrected chi connectivity index (χ2v) is 5.54. The molecule has 0 saturated heterocycles. The van der Waals surface area contributed by atoms with Gasteiger partial charge < -0.3 is 20.1 Å². The van der Waals surface area contributed by atoms with Gasteiger partial charge in [0.2, 0.25) is 0 Å². The van der Waals surface area contributed by atoms with E-state index < -0.39 is 17.1 Å². The van der Waals surface area contributed by atoms with Crippen LogP contribution in [0.2, 0.25) is 0 Å². The van der Waals surface area contributed by atoms with Crippen LogP contribution in [0.1, 0.15) is 17.3 Å². The first-order chi connectivity index (χ1) is 9.90. The van der Waals surface area contributed by atoms with Crippen LogP contribution in [0, 0.1) is 11.2 Å². The number of aromatic nitrogens is 2. The molecule has 21 heavy (non-hydrogen) atoms. The maximum absolute atomic E-state index is 13.6. The molecule has 6 nitrogen and oxygen atoms in total. The number of carbonyl (C=O) groups excluding carboxylic acids is 1. The summed E-state index contributed by atoms with van der Waals surface area (Å²) in [4.78, 5) is 20.6. The molecule has 114 valence electrons. The van der Waals surface area contributed by atoms with Crippen LogP contribution in [-0.4, -0.2) is 57.8 Å². The Kier molecular flexibility index (Phi) is 4.24. The number of fused-ring (bicyclic) bond motifs is 1. The van der Waals surface area contributed by atoms with Crippen LogP contribution in [0.4, 0.5) is 4.39 Å². The second kappa shape index (κ2) is 5.79. The van der Waals surface area contributed by atoms with Crippen molar-refractivity contribution in [2.75, 3.05) is 26.8 Å². The molecule has 0 fully saturated rings. The number of carbonyl (C=O) groups is 1. The summed E-state index contributed by atoms with van der Waals surface area (Å²) in [5.74, 6) is -0.949. The smallest absolute Gasteiger partial charge is 0.255 e. The Morgan fingerprint density at radius 2 is 2.10 bits per heavy atom. The molecule has 0 saturated carbocycles. The zero-order valence-corrected chi connectivity index (χ0v) is 11.9. The van der Waals surface area contributed by atoms with Crippen molar-refractivity contribution >= 4 is 16.9 Å². The average molecular weight is 295 g/mol. The van der Waals surface area contributed by atoms with Gasteiger partial charge in [0.05, 0.1) is 30.6 Å². The highest BCUT2D eigenvalue weighted by molar-refractivity contribution is 6.04. The first-order valence-corrected chi connectivity index (χ1v) is 6.50. The maximum Gasteiger partial charge on any atom is 0.255 e. The van der Waals surface area contributed by atoms with Crippen molar-refractivity contribution < 1.29 is 19.4 Å². The van der Waals surface area contributed by atoms with Crippen LogP contribution in [0.3, 0.4) is 0 Å². The monoisotopic (exact) mass is 295 g/mol. The summed E-state index contributed by atoms with van der Waals surface area (Å²) in [5.41, 5.74) is 0.163. The fourth-order valence-corrected chi connectivity index (χ4v) is 2.18. The highest BCUT2D eigenvalue weighted by atomic mass is 19.1. The first-order valence-electron chi connectivity index (χ1n) is 6.50. The second-order valence-electron chi connectivity index (χ2n) is 5.54. The molecular formula is C14H18FN3O3. The molecule has 0 aliphatic carbocycles. The van der Waals surface area contributed by atoms with E-state index in [0.717, 1.165) is 6.07 Å². The van der Waals surface area contributed by atoms with Gasteiger partial charge in [-0.2, -0.15) is 0 Å². The molecule has 0 spiro atoms. The fraction of sp³-hybridized carbons (Fsp3) is 0.429. The van der Waals surface area contributed by atoms with E-state index in [1.54, 1.807) is 6.92 Å². The molecule has 0 radical (unpaired) electrons. The molecule has 2 rings (SSSR count). The van der Waals surface area contributed by atoms with Gasteiger partial charge >= 0.3 is 0 Å². The molecular weight excluding hydrogens is 277 g/mol. The minimum atomic E-state index is -0.817. The van der Waals surface area contributed by atoms with Crippen molar-refractivity contribution in [3.8, 4) is 0 Å². The number of aliphatic hydroxyl groups is 2. The first kappa shape index (κ1) is 15.4. The van der Waals surface area contributed by atoms with Crippen LogP contribution < -0.4 is 0 Å². The minimum Gasteiger partial charge on any atom is -0.396 e. The van der Waals surface area contributed by atoms with E-state index in [4.69, 9.17) is 0 Å². The van der Waals surface area contributed by atoms with E-state index in [-0.39, 0.29) is 25.3 Å². The van der Waals surface area contributed by atoms with E-state index in [9.17, 15) is 19.4 Å². The number of hydrogen-bond donors (Lipinski definition) is 3. The average Bonchev–Trinajstić information content (AvgIpc) is 2.93. The van der Waals surface area contributed by atoms with E-state index in [1.165, 1.54) is 24.3 Å². The van der Waals surface area contributed by atoms with Crippen LogP contribution in [0.15, 0.2) is 18.5 Å². The number of hydrogen-bond acceptors (Lipinski definition) is 4. The molecule has 0 atom stereocenters. The predicted octanol–water partition coefficient (Wildman–Crippen LogP) is 0.765. The Bertz CT molecular complexity index is 652. The van der Waals surface area contributed by atoms with E-state index in [1.807, 2.05) is 0 Å². The molecule has 0 aliphatic heterocycles. The van der Waals surface area contributed by atoms with Gasteiger partial charge in [-0.1, -0.05) is 6.92 Å². The van der Waals surface area contributed by atoms with Gasteiger partial charge in [-0.05, 0) is 12.1 Å². The Labute approximate surface area is 121 Å². The summed E-state index contributed by atoms with van der Waals surface area (Å²) in [6.45, 7) is 1.28.